The van der Waals surface area contributed by atoms with Gasteiger partial charge in [0.15, 0.2) is 0 Å². The van der Waals surface area contributed by atoms with Gasteiger partial charge in [-0.25, -0.2) is 0 Å². The maximum atomic E-state index is 8.60. The first-order valence-electron chi connectivity index (χ1n) is 5.07. The van der Waals surface area contributed by atoms with Crippen molar-refractivity contribution in [2.45, 2.75) is 41.5 Å². The maximum Gasteiger partial charge on any atom is 0.141 e. The molecule has 0 bridgehead atoms. The molecule has 0 aliphatic heterocycles. The molecule has 0 saturated heterocycles. The minimum Gasteiger partial charge on any atom is -0.257 e. The fourth-order valence-electron chi connectivity index (χ4n) is 0.920. The summed E-state index contributed by atoms with van der Waals surface area (Å²) < 4.78 is 1.60. The molecular weight excluding hydrogens is 174 g/mol. The Balaban J connectivity index is 0. The molecule has 80 valence electrons. The summed E-state index contributed by atoms with van der Waals surface area (Å²) in [5, 5.41) is 12.7. The van der Waals surface area contributed by atoms with Crippen LogP contribution in [0.15, 0.2) is 0 Å². The minimum absolute atomic E-state index is 0.650. The summed E-state index contributed by atoms with van der Waals surface area (Å²) >= 11 is 0. The van der Waals surface area contributed by atoms with Gasteiger partial charge in [-0.05, 0) is 13.8 Å². The molecule has 0 saturated carbocycles. The molecular formula is C11H21N3. The van der Waals surface area contributed by atoms with Crippen molar-refractivity contribution in [2.75, 3.05) is 0 Å². The van der Waals surface area contributed by atoms with Crippen LogP contribution in [0.2, 0.25) is 0 Å². The second kappa shape index (κ2) is 8.31. The SMILES string of the molecule is CC.CC.Cc1nn(C)c(C#N)c1C. The van der Waals surface area contributed by atoms with Gasteiger partial charge in [0, 0.05) is 12.6 Å². The van der Waals surface area contributed by atoms with Crippen LogP contribution in [0.4, 0.5) is 0 Å². The molecule has 0 fully saturated rings. The van der Waals surface area contributed by atoms with Crippen LogP contribution < -0.4 is 0 Å². The number of aryl methyl sites for hydroxylation is 2. The predicted octanol–water partition coefficient (Wildman–Crippen LogP) is 2.96. The molecule has 0 amide bonds. The zero-order chi connectivity index (χ0) is 11.7. The van der Waals surface area contributed by atoms with Crippen LogP contribution >= 0.6 is 0 Å². The molecule has 0 aromatic carbocycles. The van der Waals surface area contributed by atoms with Crippen molar-refractivity contribution >= 4 is 0 Å². The van der Waals surface area contributed by atoms with Crippen molar-refractivity contribution in [3.63, 3.8) is 0 Å². The van der Waals surface area contributed by atoms with Gasteiger partial charge in [-0.1, -0.05) is 27.7 Å². The summed E-state index contributed by atoms with van der Waals surface area (Å²) in [6.07, 6.45) is 0. The molecule has 0 aliphatic carbocycles. The average molecular weight is 195 g/mol. The van der Waals surface area contributed by atoms with Crippen molar-refractivity contribution in [1.29, 1.82) is 5.26 Å². The molecule has 0 unspecified atom stereocenters. The Hall–Kier alpha value is -1.30. The lowest BCUT2D eigenvalue weighted by molar-refractivity contribution is 0.745. The van der Waals surface area contributed by atoms with Gasteiger partial charge < -0.3 is 0 Å². The third-order valence-electron chi connectivity index (χ3n) is 1.63. The van der Waals surface area contributed by atoms with E-state index in [0.717, 1.165) is 11.3 Å². The monoisotopic (exact) mass is 195 g/mol. The van der Waals surface area contributed by atoms with E-state index in [-0.39, 0.29) is 0 Å². The van der Waals surface area contributed by atoms with Crippen LogP contribution in [0.1, 0.15) is 44.6 Å². The lowest BCUT2D eigenvalue weighted by atomic mass is 10.2. The van der Waals surface area contributed by atoms with E-state index in [0.29, 0.717) is 5.69 Å². The van der Waals surface area contributed by atoms with Crippen molar-refractivity contribution in [2.24, 2.45) is 7.05 Å². The smallest absolute Gasteiger partial charge is 0.141 e. The Bertz CT molecular complexity index is 292. The zero-order valence-electron chi connectivity index (χ0n) is 10.3. The van der Waals surface area contributed by atoms with Gasteiger partial charge in [0.25, 0.3) is 0 Å². The van der Waals surface area contributed by atoms with Crippen LogP contribution in [0, 0.1) is 25.2 Å². The van der Waals surface area contributed by atoms with E-state index in [4.69, 9.17) is 5.26 Å². The zero-order valence-corrected chi connectivity index (χ0v) is 10.3. The lowest BCUT2D eigenvalue weighted by Crippen LogP contribution is -1.93. The third kappa shape index (κ3) is 3.61. The topological polar surface area (TPSA) is 41.6 Å². The molecule has 1 aromatic heterocycles. The first kappa shape index (κ1) is 15.2. The Morgan fingerprint density at radius 1 is 1.14 bits per heavy atom. The Morgan fingerprint density at radius 3 is 1.71 bits per heavy atom. The van der Waals surface area contributed by atoms with Crippen LogP contribution in [-0.2, 0) is 7.05 Å². The summed E-state index contributed by atoms with van der Waals surface area (Å²) in [5.41, 5.74) is 2.56. The number of hydrogen-bond acceptors (Lipinski definition) is 2. The van der Waals surface area contributed by atoms with Gasteiger partial charge in [0.1, 0.15) is 11.8 Å². The molecule has 1 aromatic rings. The highest BCUT2D eigenvalue weighted by Crippen LogP contribution is 2.08. The number of rotatable bonds is 0. The number of hydrogen-bond donors (Lipinski definition) is 0. The van der Waals surface area contributed by atoms with Gasteiger partial charge in [0.05, 0.1) is 5.69 Å². The van der Waals surface area contributed by atoms with E-state index in [1.807, 2.05) is 41.5 Å². The second-order valence-corrected chi connectivity index (χ2v) is 2.29. The summed E-state index contributed by atoms with van der Waals surface area (Å²) in [6.45, 7) is 11.8. The Kier molecular flexibility index (Phi) is 9.01. The molecule has 0 aliphatic rings. The quantitative estimate of drug-likeness (QED) is 0.638. The van der Waals surface area contributed by atoms with Crippen LogP contribution in [0.25, 0.3) is 0 Å². The first-order valence-corrected chi connectivity index (χ1v) is 5.07. The second-order valence-electron chi connectivity index (χ2n) is 2.29. The van der Waals surface area contributed by atoms with Crippen molar-refractivity contribution in [1.82, 2.24) is 9.78 Å². The van der Waals surface area contributed by atoms with Gasteiger partial charge in [0.2, 0.25) is 0 Å². The van der Waals surface area contributed by atoms with E-state index in [2.05, 4.69) is 11.2 Å². The minimum atomic E-state index is 0.650. The van der Waals surface area contributed by atoms with Crippen LogP contribution in [0.5, 0.6) is 0 Å². The van der Waals surface area contributed by atoms with E-state index >= 15 is 0 Å². The fourth-order valence-corrected chi connectivity index (χ4v) is 0.920. The first-order chi connectivity index (χ1) is 6.66. The average Bonchev–Trinajstić information content (AvgIpc) is 2.47. The van der Waals surface area contributed by atoms with Crippen molar-refractivity contribution in [3.8, 4) is 6.07 Å². The van der Waals surface area contributed by atoms with Gasteiger partial charge in [-0.3, -0.25) is 4.68 Å². The Morgan fingerprint density at radius 2 is 1.57 bits per heavy atom. The summed E-state index contributed by atoms with van der Waals surface area (Å²) in [5.74, 6) is 0. The molecule has 3 heteroatoms. The van der Waals surface area contributed by atoms with E-state index in [1.165, 1.54) is 0 Å². The molecule has 0 spiro atoms. The highest BCUT2D eigenvalue weighted by Gasteiger charge is 2.06. The fraction of sp³-hybridized carbons (Fsp3) is 0.636. The van der Waals surface area contributed by atoms with Crippen molar-refractivity contribution < 1.29 is 0 Å². The standard InChI is InChI=1S/C7H9N3.2C2H6/c1-5-6(2)9-10(3)7(5)4-8;2*1-2/h1-3H3;2*1-2H3. The van der Waals surface area contributed by atoms with Gasteiger partial charge >= 0.3 is 0 Å². The van der Waals surface area contributed by atoms with Crippen LogP contribution in [-0.4, -0.2) is 9.78 Å². The highest BCUT2D eigenvalue weighted by atomic mass is 15.3. The highest BCUT2D eigenvalue weighted by molar-refractivity contribution is 5.33. The van der Waals surface area contributed by atoms with Crippen LogP contribution in [0.3, 0.4) is 0 Å². The van der Waals surface area contributed by atoms with Crippen molar-refractivity contribution in [3.05, 3.63) is 17.0 Å². The molecule has 14 heavy (non-hydrogen) atoms. The molecule has 1 heterocycles. The van der Waals surface area contributed by atoms with Gasteiger partial charge in [-0.15, -0.1) is 0 Å². The molecule has 3 nitrogen and oxygen atoms in total. The molecule has 0 atom stereocenters. The summed E-state index contributed by atoms with van der Waals surface area (Å²) in [6, 6.07) is 2.08. The summed E-state index contributed by atoms with van der Waals surface area (Å²) in [4.78, 5) is 0. The maximum absolute atomic E-state index is 8.60. The normalized spacial score (nSPS) is 7.57. The predicted molar refractivity (Wildman–Crippen MR) is 60.1 cm³/mol. The van der Waals surface area contributed by atoms with E-state index < -0.39 is 0 Å². The third-order valence-corrected chi connectivity index (χ3v) is 1.63. The number of nitriles is 1. The molecule has 1 rings (SSSR count). The lowest BCUT2D eigenvalue weighted by Gasteiger charge is -1.87. The number of nitrogens with zero attached hydrogens (tertiary/aromatic N) is 3. The van der Waals surface area contributed by atoms with E-state index in [1.54, 1.807) is 11.7 Å². The van der Waals surface area contributed by atoms with E-state index in [9.17, 15) is 0 Å². The number of aromatic nitrogens is 2. The molecule has 0 radical (unpaired) electrons. The Labute approximate surface area is 87.4 Å². The summed E-state index contributed by atoms with van der Waals surface area (Å²) in [7, 11) is 1.78. The van der Waals surface area contributed by atoms with Gasteiger partial charge in [-0.2, -0.15) is 10.4 Å². The largest absolute Gasteiger partial charge is 0.257 e. The molecule has 0 N–H and O–H groups in total.